The minimum atomic E-state index is -4.36. The van der Waals surface area contributed by atoms with Crippen LogP contribution in [0.2, 0.25) is 0 Å². The summed E-state index contributed by atoms with van der Waals surface area (Å²) in [5, 5.41) is 1.91. The van der Waals surface area contributed by atoms with Crippen molar-refractivity contribution >= 4 is 6.03 Å². The molecule has 2 aliphatic heterocycles. The summed E-state index contributed by atoms with van der Waals surface area (Å²) in [6.45, 7) is 0.438. The quantitative estimate of drug-likeness (QED) is 0.785. The van der Waals surface area contributed by atoms with E-state index in [4.69, 9.17) is 4.74 Å². The number of alkyl halides is 3. The first-order valence-corrected chi connectivity index (χ1v) is 6.17. The maximum atomic E-state index is 12.0. The third kappa shape index (κ3) is 3.51. The molecule has 2 saturated heterocycles. The number of carbonyl (C=O) groups excluding carboxylic acids is 1. The monoisotopic (exact) mass is 266 g/mol. The fourth-order valence-corrected chi connectivity index (χ4v) is 2.56. The Morgan fingerprint density at radius 2 is 2.17 bits per heavy atom. The highest BCUT2D eigenvalue weighted by molar-refractivity contribution is 5.74. The van der Waals surface area contributed by atoms with Gasteiger partial charge in [-0.15, -0.1) is 0 Å². The molecule has 0 aliphatic carbocycles. The molecular weight excluding hydrogens is 249 g/mol. The van der Waals surface area contributed by atoms with E-state index in [2.05, 4.69) is 0 Å². The molecule has 2 atom stereocenters. The van der Waals surface area contributed by atoms with E-state index in [1.165, 1.54) is 4.90 Å². The zero-order valence-electron chi connectivity index (χ0n) is 10.0. The van der Waals surface area contributed by atoms with Gasteiger partial charge in [-0.05, 0) is 19.3 Å². The van der Waals surface area contributed by atoms with Gasteiger partial charge < -0.3 is 15.0 Å². The molecule has 0 aromatic rings. The number of rotatable bonds is 1. The average Bonchev–Trinajstić information content (AvgIpc) is 2.34. The number of carbonyl (C=O) groups is 1. The minimum absolute atomic E-state index is 0.172. The lowest BCUT2D eigenvalue weighted by molar-refractivity contribution is -0.123. The molecule has 2 fully saturated rings. The molecule has 0 bridgehead atoms. The van der Waals surface area contributed by atoms with Crippen LogP contribution in [0.4, 0.5) is 18.0 Å². The zero-order valence-corrected chi connectivity index (χ0v) is 10.0. The van der Waals surface area contributed by atoms with Crippen LogP contribution in [0.25, 0.3) is 0 Å². The maximum Gasteiger partial charge on any atom is 0.405 e. The van der Waals surface area contributed by atoms with Crippen LogP contribution in [0.5, 0.6) is 0 Å². The van der Waals surface area contributed by atoms with E-state index in [-0.39, 0.29) is 12.0 Å². The second-order valence-electron chi connectivity index (χ2n) is 4.82. The van der Waals surface area contributed by atoms with E-state index in [0.717, 1.165) is 19.4 Å². The number of halogens is 3. The first-order chi connectivity index (χ1) is 8.46. The predicted octanol–water partition coefficient (Wildman–Crippen LogP) is 1.76. The van der Waals surface area contributed by atoms with Gasteiger partial charge in [-0.1, -0.05) is 0 Å². The second kappa shape index (κ2) is 5.34. The Labute approximate surface area is 103 Å². The molecule has 0 spiro atoms. The Bertz CT molecular complexity index is 309. The lowest BCUT2D eigenvalue weighted by Gasteiger charge is -2.40. The Hall–Kier alpha value is -0.980. The zero-order chi connectivity index (χ0) is 13.2. The normalized spacial score (nSPS) is 28.7. The third-order valence-corrected chi connectivity index (χ3v) is 3.44. The molecule has 2 amide bonds. The number of likely N-dealkylation sites (tertiary alicyclic amines) is 1. The first-order valence-electron chi connectivity index (χ1n) is 6.17. The molecule has 0 aromatic carbocycles. The summed E-state index contributed by atoms with van der Waals surface area (Å²) in [7, 11) is 0. The minimum Gasteiger partial charge on any atom is -0.378 e. The van der Waals surface area contributed by atoms with E-state index < -0.39 is 18.8 Å². The fraction of sp³-hybridized carbons (Fsp3) is 0.909. The number of piperidine rings is 1. The van der Waals surface area contributed by atoms with E-state index >= 15 is 0 Å². The van der Waals surface area contributed by atoms with Crippen molar-refractivity contribution in [3.05, 3.63) is 0 Å². The first kappa shape index (κ1) is 13.5. The summed E-state index contributed by atoms with van der Waals surface area (Å²) in [4.78, 5) is 13.1. The Kier molecular flexibility index (Phi) is 3.99. The Balaban J connectivity index is 1.81. The molecule has 2 rings (SSSR count). The van der Waals surface area contributed by atoms with Gasteiger partial charge in [0.05, 0.1) is 6.10 Å². The smallest absolute Gasteiger partial charge is 0.378 e. The fourth-order valence-electron chi connectivity index (χ4n) is 2.56. The average molecular weight is 266 g/mol. The van der Waals surface area contributed by atoms with Gasteiger partial charge >= 0.3 is 12.2 Å². The summed E-state index contributed by atoms with van der Waals surface area (Å²) in [5.41, 5.74) is 0. The van der Waals surface area contributed by atoms with Gasteiger partial charge in [-0.3, -0.25) is 0 Å². The van der Waals surface area contributed by atoms with Gasteiger partial charge in [0.25, 0.3) is 0 Å². The summed E-state index contributed by atoms with van der Waals surface area (Å²) < 4.78 is 41.6. The van der Waals surface area contributed by atoms with Crippen LogP contribution >= 0.6 is 0 Å². The molecule has 0 aromatic heterocycles. The van der Waals surface area contributed by atoms with Crippen molar-refractivity contribution in [3.63, 3.8) is 0 Å². The third-order valence-electron chi connectivity index (χ3n) is 3.44. The largest absolute Gasteiger partial charge is 0.405 e. The summed E-state index contributed by atoms with van der Waals surface area (Å²) in [5.74, 6) is 0.268. The van der Waals surface area contributed by atoms with Gasteiger partial charge in [0, 0.05) is 25.6 Å². The lowest BCUT2D eigenvalue weighted by Crippen LogP contribution is -2.52. The number of hydrogen-bond donors (Lipinski definition) is 1. The molecule has 1 N–H and O–H groups in total. The van der Waals surface area contributed by atoms with Crippen LogP contribution < -0.4 is 5.32 Å². The molecule has 0 radical (unpaired) electrons. The van der Waals surface area contributed by atoms with Crippen LogP contribution in [-0.4, -0.2) is 49.5 Å². The number of nitrogens with zero attached hydrogens (tertiary/aromatic N) is 1. The summed E-state index contributed by atoms with van der Waals surface area (Å²) in [6.07, 6.45) is -1.54. The molecule has 2 heterocycles. The van der Waals surface area contributed by atoms with Crippen LogP contribution in [0, 0.1) is 5.92 Å². The highest BCUT2D eigenvalue weighted by atomic mass is 19.4. The van der Waals surface area contributed by atoms with Crippen molar-refractivity contribution in [1.82, 2.24) is 10.2 Å². The van der Waals surface area contributed by atoms with Crippen LogP contribution in [0.1, 0.15) is 19.3 Å². The molecule has 0 unspecified atom stereocenters. The lowest BCUT2D eigenvalue weighted by atomic mass is 9.89. The van der Waals surface area contributed by atoms with Crippen LogP contribution in [-0.2, 0) is 4.74 Å². The van der Waals surface area contributed by atoms with Crippen molar-refractivity contribution in [2.75, 3.05) is 26.2 Å². The van der Waals surface area contributed by atoms with Crippen LogP contribution in [0.3, 0.4) is 0 Å². The Morgan fingerprint density at radius 3 is 2.89 bits per heavy atom. The highest BCUT2D eigenvalue weighted by Gasteiger charge is 2.35. The van der Waals surface area contributed by atoms with Crippen LogP contribution in [0.15, 0.2) is 0 Å². The van der Waals surface area contributed by atoms with Crippen molar-refractivity contribution in [2.24, 2.45) is 5.92 Å². The standard InChI is InChI=1S/C11H17F3N2O2/c12-11(13,14)7-15-10(17)16-4-3-9-8(6-16)2-1-5-18-9/h8-9H,1-7H2,(H,15,17)/t8-,9-/m0/s1. The van der Waals surface area contributed by atoms with Gasteiger partial charge in [0.2, 0.25) is 0 Å². The molecule has 4 nitrogen and oxygen atoms in total. The molecule has 0 saturated carbocycles. The Morgan fingerprint density at radius 1 is 1.39 bits per heavy atom. The SMILES string of the molecule is O=C(NCC(F)(F)F)N1CC[C@@H]2OCCC[C@H]2C1. The number of urea groups is 1. The number of ether oxygens (including phenoxy) is 1. The number of amides is 2. The molecule has 18 heavy (non-hydrogen) atoms. The molecular formula is C11H17F3N2O2. The molecule has 104 valence electrons. The van der Waals surface area contributed by atoms with Crippen molar-refractivity contribution in [3.8, 4) is 0 Å². The van der Waals surface area contributed by atoms with Gasteiger partial charge in [-0.25, -0.2) is 4.79 Å². The summed E-state index contributed by atoms with van der Waals surface area (Å²) >= 11 is 0. The van der Waals surface area contributed by atoms with Gasteiger partial charge in [0.1, 0.15) is 6.54 Å². The van der Waals surface area contributed by atoms with E-state index in [9.17, 15) is 18.0 Å². The van der Waals surface area contributed by atoms with E-state index in [1.54, 1.807) is 0 Å². The van der Waals surface area contributed by atoms with Crippen molar-refractivity contribution < 1.29 is 22.7 Å². The van der Waals surface area contributed by atoms with Gasteiger partial charge in [0.15, 0.2) is 0 Å². The topological polar surface area (TPSA) is 41.6 Å². The van der Waals surface area contributed by atoms with Gasteiger partial charge in [-0.2, -0.15) is 13.2 Å². The second-order valence-corrected chi connectivity index (χ2v) is 4.82. The van der Waals surface area contributed by atoms with Crippen molar-refractivity contribution in [1.29, 1.82) is 0 Å². The molecule has 7 heteroatoms. The summed E-state index contributed by atoms with van der Waals surface area (Å²) in [6, 6.07) is -0.628. The number of nitrogens with one attached hydrogen (secondary N) is 1. The number of hydrogen-bond acceptors (Lipinski definition) is 2. The van der Waals surface area contributed by atoms with Crippen molar-refractivity contribution in [2.45, 2.75) is 31.5 Å². The predicted molar refractivity (Wildman–Crippen MR) is 58.1 cm³/mol. The maximum absolute atomic E-state index is 12.0. The molecule has 2 aliphatic rings. The van der Waals surface area contributed by atoms with E-state index in [1.807, 2.05) is 5.32 Å². The van der Waals surface area contributed by atoms with E-state index in [0.29, 0.717) is 19.5 Å². The highest BCUT2D eigenvalue weighted by Crippen LogP contribution is 2.28. The number of fused-ring (bicyclic) bond motifs is 1.